The predicted octanol–water partition coefficient (Wildman–Crippen LogP) is 4.95. The smallest absolute Gasteiger partial charge is 0.137 e. The molecule has 0 amide bonds. The molecule has 100 valence electrons. The maximum absolute atomic E-state index is 13.0. The maximum atomic E-state index is 13.0. The third kappa shape index (κ3) is 5.63. The van der Waals surface area contributed by atoms with Gasteiger partial charge in [-0.25, -0.2) is 4.39 Å². The van der Waals surface area contributed by atoms with E-state index < -0.39 is 0 Å². The van der Waals surface area contributed by atoms with Crippen LogP contribution in [0.5, 0.6) is 0 Å². The molecule has 0 atom stereocenters. The van der Waals surface area contributed by atoms with E-state index in [1.54, 1.807) is 0 Å². The van der Waals surface area contributed by atoms with Crippen LogP contribution in [-0.4, -0.2) is 5.78 Å². The summed E-state index contributed by atoms with van der Waals surface area (Å²) in [7, 11) is 0. The first-order valence-corrected chi connectivity index (χ1v) is 6.97. The second kappa shape index (κ2) is 8.25. The Morgan fingerprint density at radius 3 is 2.67 bits per heavy atom. The molecule has 1 aromatic carbocycles. The molecule has 0 aliphatic heterocycles. The highest BCUT2D eigenvalue weighted by molar-refractivity contribution is 6.31. The fourth-order valence-electron chi connectivity index (χ4n) is 1.91. The Morgan fingerprint density at radius 1 is 1.22 bits per heavy atom. The number of halogens is 2. The SMILES string of the molecule is CCCCCCCC(=O)Cc1cc(F)ccc1Cl. The van der Waals surface area contributed by atoms with E-state index in [9.17, 15) is 9.18 Å². The minimum absolute atomic E-state index is 0.138. The normalized spacial score (nSPS) is 10.6. The summed E-state index contributed by atoms with van der Waals surface area (Å²) in [6, 6.07) is 4.15. The maximum Gasteiger partial charge on any atom is 0.137 e. The number of hydrogen-bond donors (Lipinski definition) is 0. The molecule has 1 rings (SSSR count). The lowest BCUT2D eigenvalue weighted by molar-refractivity contribution is -0.118. The fraction of sp³-hybridized carbons (Fsp3) is 0.533. The van der Waals surface area contributed by atoms with E-state index in [4.69, 9.17) is 11.6 Å². The first-order chi connectivity index (χ1) is 8.63. The molecule has 0 aromatic heterocycles. The van der Waals surface area contributed by atoms with Crippen LogP contribution < -0.4 is 0 Å². The highest BCUT2D eigenvalue weighted by Gasteiger charge is 2.08. The highest BCUT2D eigenvalue weighted by atomic mass is 35.5. The summed E-state index contributed by atoms with van der Waals surface area (Å²) in [6.07, 6.45) is 6.43. The van der Waals surface area contributed by atoms with Gasteiger partial charge in [0.2, 0.25) is 0 Å². The Bertz CT molecular complexity index is 390. The quantitative estimate of drug-likeness (QED) is 0.611. The van der Waals surface area contributed by atoms with Crippen molar-refractivity contribution in [2.45, 2.75) is 51.9 Å². The third-order valence-electron chi connectivity index (χ3n) is 2.95. The zero-order chi connectivity index (χ0) is 13.4. The number of rotatable bonds is 8. The molecule has 0 radical (unpaired) electrons. The van der Waals surface area contributed by atoms with Gasteiger partial charge in [0, 0.05) is 17.9 Å². The van der Waals surface area contributed by atoms with Crippen molar-refractivity contribution in [1.29, 1.82) is 0 Å². The van der Waals surface area contributed by atoms with Gasteiger partial charge in [0.05, 0.1) is 0 Å². The summed E-state index contributed by atoms with van der Waals surface area (Å²) in [6.45, 7) is 2.16. The topological polar surface area (TPSA) is 17.1 Å². The molecule has 1 nitrogen and oxygen atoms in total. The highest BCUT2D eigenvalue weighted by Crippen LogP contribution is 2.18. The molecule has 3 heteroatoms. The van der Waals surface area contributed by atoms with Crippen molar-refractivity contribution in [2.75, 3.05) is 0 Å². The predicted molar refractivity (Wildman–Crippen MR) is 73.5 cm³/mol. The van der Waals surface area contributed by atoms with Crippen molar-refractivity contribution < 1.29 is 9.18 Å². The molecule has 0 fully saturated rings. The number of unbranched alkanes of at least 4 members (excludes halogenated alkanes) is 4. The van der Waals surface area contributed by atoms with E-state index in [0.717, 1.165) is 12.8 Å². The Kier molecular flexibility index (Phi) is 6.96. The average Bonchev–Trinajstić information content (AvgIpc) is 2.33. The average molecular weight is 271 g/mol. The van der Waals surface area contributed by atoms with Crippen LogP contribution in [0.15, 0.2) is 18.2 Å². The molecule has 0 spiro atoms. The fourth-order valence-corrected chi connectivity index (χ4v) is 2.09. The van der Waals surface area contributed by atoms with Gasteiger partial charge >= 0.3 is 0 Å². The number of Topliss-reactive ketones (excluding diaryl/α,β-unsaturated/α-hetero) is 1. The minimum atomic E-state index is -0.342. The van der Waals surface area contributed by atoms with Crippen LogP contribution in [-0.2, 0) is 11.2 Å². The van der Waals surface area contributed by atoms with Gasteiger partial charge < -0.3 is 0 Å². The number of carbonyl (C=O) groups is 1. The number of ketones is 1. The number of hydrogen-bond acceptors (Lipinski definition) is 1. The van der Waals surface area contributed by atoms with Crippen LogP contribution in [0.1, 0.15) is 51.0 Å². The third-order valence-corrected chi connectivity index (χ3v) is 3.32. The van der Waals surface area contributed by atoms with Gasteiger partial charge in [0.1, 0.15) is 11.6 Å². The van der Waals surface area contributed by atoms with Crippen molar-refractivity contribution in [1.82, 2.24) is 0 Å². The van der Waals surface area contributed by atoms with Crippen LogP contribution in [0.4, 0.5) is 4.39 Å². The van der Waals surface area contributed by atoms with Crippen LogP contribution in [0, 0.1) is 5.82 Å². The van der Waals surface area contributed by atoms with Crippen molar-refractivity contribution in [3.8, 4) is 0 Å². The van der Waals surface area contributed by atoms with E-state index >= 15 is 0 Å². The molecule has 0 unspecified atom stereocenters. The van der Waals surface area contributed by atoms with Gasteiger partial charge in [0.25, 0.3) is 0 Å². The molecule has 1 aromatic rings. The van der Waals surface area contributed by atoms with E-state index in [1.165, 1.54) is 37.5 Å². The lowest BCUT2D eigenvalue weighted by Gasteiger charge is -2.04. The summed E-state index contributed by atoms with van der Waals surface area (Å²) in [5.74, 6) is -0.204. The van der Waals surface area contributed by atoms with Crippen molar-refractivity contribution in [2.24, 2.45) is 0 Å². The Morgan fingerprint density at radius 2 is 1.94 bits per heavy atom. The van der Waals surface area contributed by atoms with Crippen LogP contribution >= 0.6 is 11.6 Å². The Balaban J connectivity index is 2.33. The van der Waals surface area contributed by atoms with E-state index in [-0.39, 0.29) is 18.0 Å². The summed E-state index contributed by atoms with van der Waals surface area (Å²) >= 11 is 5.92. The summed E-state index contributed by atoms with van der Waals surface area (Å²) < 4.78 is 13.0. The molecule has 0 aliphatic rings. The van der Waals surface area contributed by atoms with E-state index in [1.807, 2.05) is 0 Å². The second-order valence-corrected chi connectivity index (χ2v) is 5.02. The van der Waals surface area contributed by atoms with Crippen LogP contribution in [0.2, 0.25) is 5.02 Å². The molecule has 0 N–H and O–H groups in total. The van der Waals surface area contributed by atoms with Gasteiger partial charge in [-0.05, 0) is 30.2 Å². The van der Waals surface area contributed by atoms with Gasteiger partial charge in [-0.1, -0.05) is 44.2 Å². The zero-order valence-corrected chi connectivity index (χ0v) is 11.6. The molecule has 0 saturated heterocycles. The second-order valence-electron chi connectivity index (χ2n) is 4.62. The minimum Gasteiger partial charge on any atom is -0.299 e. The lowest BCUT2D eigenvalue weighted by atomic mass is 10.0. The molecular weight excluding hydrogens is 251 g/mol. The van der Waals surface area contributed by atoms with Crippen molar-refractivity contribution >= 4 is 17.4 Å². The van der Waals surface area contributed by atoms with E-state index in [0.29, 0.717) is 17.0 Å². The van der Waals surface area contributed by atoms with E-state index in [2.05, 4.69) is 6.92 Å². The standard InChI is InChI=1S/C15H20ClFO/c1-2-3-4-5-6-7-14(18)11-12-10-13(17)8-9-15(12)16/h8-10H,2-7,11H2,1H3. The Labute approximate surface area is 113 Å². The van der Waals surface area contributed by atoms with Gasteiger partial charge in [0.15, 0.2) is 0 Å². The van der Waals surface area contributed by atoms with Gasteiger partial charge in [-0.2, -0.15) is 0 Å². The first kappa shape index (κ1) is 15.2. The Hall–Kier alpha value is -0.890. The first-order valence-electron chi connectivity index (χ1n) is 6.59. The monoisotopic (exact) mass is 270 g/mol. The number of benzene rings is 1. The zero-order valence-electron chi connectivity index (χ0n) is 10.8. The van der Waals surface area contributed by atoms with Gasteiger partial charge in [-0.15, -0.1) is 0 Å². The van der Waals surface area contributed by atoms with Crippen LogP contribution in [0.25, 0.3) is 0 Å². The summed E-state index contributed by atoms with van der Waals surface area (Å²) in [4.78, 5) is 11.7. The van der Waals surface area contributed by atoms with Gasteiger partial charge in [-0.3, -0.25) is 4.79 Å². The molecule has 0 bridgehead atoms. The molecule has 0 heterocycles. The molecule has 18 heavy (non-hydrogen) atoms. The summed E-state index contributed by atoms with van der Waals surface area (Å²) in [5, 5.41) is 0.468. The van der Waals surface area contributed by atoms with Crippen molar-refractivity contribution in [3.63, 3.8) is 0 Å². The number of carbonyl (C=O) groups excluding carboxylic acids is 1. The summed E-state index contributed by atoms with van der Waals surface area (Å²) in [5.41, 5.74) is 0.593. The largest absolute Gasteiger partial charge is 0.299 e. The van der Waals surface area contributed by atoms with Crippen LogP contribution in [0.3, 0.4) is 0 Å². The molecule has 0 saturated carbocycles. The molecular formula is C15H20ClFO. The molecule has 0 aliphatic carbocycles. The lowest BCUT2D eigenvalue weighted by Crippen LogP contribution is -2.03. The van der Waals surface area contributed by atoms with Crippen molar-refractivity contribution in [3.05, 3.63) is 34.6 Å².